The fourth-order valence-corrected chi connectivity index (χ4v) is 1.74. The van der Waals surface area contributed by atoms with Gasteiger partial charge in [-0.15, -0.1) is 0 Å². The van der Waals surface area contributed by atoms with Gasteiger partial charge in [-0.2, -0.15) is 0 Å². The van der Waals surface area contributed by atoms with Crippen molar-refractivity contribution >= 4 is 5.82 Å². The molecule has 0 saturated carbocycles. The predicted octanol–water partition coefficient (Wildman–Crippen LogP) is 1.57. The lowest BCUT2D eigenvalue weighted by molar-refractivity contribution is 0.0884. The summed E-state index contributed by atoms with van der Waals surface area (Å²) in [5, 5.41) is 13.0. The third-order valence-electron chi connectivity index (χ3n) is 2.72. The van der Waals surface area contributed by atoms with Crippen LogP contribution in [0.5, 0.6) is 0 Å². The summed E-state index contributed by atoms with van der Waals surface area (Å²) in [6.07, 6.45) is 1.80. The summed E-state index contributed by atoms with van der Waals surface area (Å²) in [7, 11) is 3.87. The maximum absolute atomic E-state index is 9.79. The molecule has 0 aliphatic rings. The van der Waals surface area contributed by atoms with E-state index < -0.39 is 5.60 Å². The molecule has 0 aliphatic heterocycles. The molecule has 0 saturated heterocycles. The molecule has 0 amide bonds. The average molecular weight is 237 g/mol. The van der Waals surface area contributed by atoms with Crippen LogP contribution < -0.4 is 10.2 Å². The van der Waals surface area contributed by atoms with Gasteiger partial charge in [0.1, 0.15) is 5.82 Å². The number of anilines is 1. The van der Waals surface area contributed by atoms with Gasteiger partial charge in [-0.1, -0.05) is 0 Å². The van der Waals surface area contributed by atoms with Crippen molar-refractivity contribution < 1.29 is 5.11 Å². The Kier molecular flexibility index (Phi) is 4.48. The monoisotopic (exact) mass is 237 g/mol. The van der Waals surface area contributed by atoms with Crippen LogP contribution in [0.15, 0.2) is 18.3 Å². The molecule has 0 aliphatic carbocycles. The highest BCUT2D eigenvalue weighted by atomic mass is 16.3. The number of likely N-dealkylation sites (N-methyl/N-ethyl adjacent to an activating group) is 1. The van der Waals surface area contributed by atoms with E-state index in [1.165, 1.54) is 5.56 Å². The van der Waals surface area contributed by atoms with E-state index in [2.05, 4.69) is 17.2 Å². The maximum atomic E-state index is 9.79. The van der Waals surface area contributed by atoms with Crippen LogP contribution in [-0.4, -0.2) is 36.3 Å². The topological polar surface area (TPSA) is 48.4 Å². The average Bonchev–Trinajstić information content (AvgIpc) is 2.26. The molecule has 1 atom stereocenters. The molecule has 0 fully saturated rings. The standard InChI is InChI=1S/C13H23N3O/c1-10(14-4)11-6-7-15-12(8-11)16(5)9-13(2,3)17/h6-8,10,14,17H,9H2,1-5H3. The van der Waals surface area contributed by atoms with Gasteiger partial charge in [-0.3, -0.25) is 0 Å². The number of nitrogens with zero attached hydrogens (tertiary/aromatic N) is 2. The van der Waals surface area contributed by atoms with Gasteiger partial charge in [0.2, 0.25) is 0 Å². The highest BCUT2D eigenvalue weighted by Crippen LogP contribution is 2.18. The number of nitrogens with one attached hydrogen (secondary N) is 1. The van der Waals surface area contributed by atoms with Gasteiger partial charge in [0.05, 0.1) is 5.60 Å². The van der Waals surface area contributed by atoms with E-state index in [1.807, 2.05) is 31.1 Å². The van der Waals surface area contributed by atoms with E-state index in [0.717, 1.165) is 5.82 Å². The summed E-state index contributed by atoms with van der Waals surface area (Å²) >= 11 is 0. The first kappa shape index (κ1) is 13.9. The van der Waals surface area contributed by atoms with Crippen molar-refractivity contribution in [2.75, 3.05) is 25.5 Å². The molecule has 0 radical (unpaired) electrons. The van der Waals surface area contributed by atoms with Crippen LogP contribution in [0.25, 0.3) is 0 Å². The van der Waals surface area contributed by atoms with Crippen LogP contribution in [0, 0.1) is 0 Å². The zero-order chi connectivity index (χ0) is 13.1. The Morgan fingerprint density at radius 2 is 2.18 bits per heavy atom. The van der Waals surface area contributed by atoms with E-state index in [-0.39, 0.29) is 0 Å². The lowest BCUT2D eigenvalue weighted by Crippen LogP contribution is -2.36. The number of pyridine rings is 1. The molecule has 1 aromatic rings. The number of hydrogen-bond donors (Lipinski definition) is 2. The van der Waals surface area contributed by atoms with Gasteiger partial charge in [0.15, 0.2) is 0 Å². The van der Waals surface area contributed by atoms with Crippen LogP contribution >= 0.6 is 0 Å². The Bertz CT molecular complexity index is 360. The van der Waals surface area contributed by atoms with E-state index in [9.17, 15) is 5.11 Å². The van der Waals surface area contributed by atoms with Gasteiger partial charge >= 0.3 is 0 Å². The maximum Gasteiger partial charge on any atom is 0.128 e. The summed E-state index contributed by atoms with van der Waals surface area (Å²) < 4.78 is 0. The summed E-state index contributed by atoms with van der Waals surface area (Å²) in [6, 6.07) is 4.35. The first-order chi connectivity index (χ1) is 7.83. The molecule has 96 valence electrons. The Morgan fingerprint density at radius 1 is 1.53 bits per heavy atom. The molecule has 1 rings (SSSR count). The third kappa shape index (κ3) is 4.32. The highest BCUT2D eigenvalue weighted by Gasteiger charge is 2.17. The van der Waals surface area contributed by atoms with Gasteiger partial charge in [0.25, 0.3) is 0 Å². The molecule has 1 heterocycles. The van der Waals surface area contributed by atoms with Gasteiger partial charge in [-0.25, -0.2) is 4.98 Å². The van der Waals surface area contributed by atoms with Crippen molar-refractivity contribution in [2.24, 2.45) is 0 Å². The van der Waals surface area contributed by atoms with Crippen molar-refractivity contribution in [2.45, 2.75) is 32.4 Å². The minimum Gasteiger partial charge on any atom is -0.389 e. The number of aliphatic hydroxyl groups is 1. The van der Waals surface area contributed by atoms with Crippen molar-refractivity contribution in [1.82, 2.24) is 10.3 Å². The van der Waals surface area contributed by atoms with E-state index in [0.29, 0.717) is 12.6 Å². The van der Waals surface area contributed by atoms with Crippen molar-refractivity contribution in [1.29, 1.82) is 0 Å². The SMILES string of the molecule is CNC(C)c1ccnc(N(C)CC(C)(C)O)c1. The summed E-state index contributed by atoms with van der Waals surface area (Å²) in [5.74, 6) is 0.881. The van der Waals surface area contributed by atoms with Gasteiger partial charge in [0, 0.05) is 25.8 Å². The van der Waals surface area contributed by atoms with Crippen LogP contribution in [0.3, 0.4) is 0 Å². The molecular formula is C13H23N3O. The van der Waals surface area contributed by atoms with Crippen LogP contribution in [-0.2, 0) is 0 Å². The third-order valence-corrected chi connectivity index (χ3v) is 2.72. The molecule has 1 aromatic heterocycles. The smallest absolute Gasteiger partial charge is 0.128 e. The molecule has 1 unspecified atom stereocenters. The molecule has 4 heteroatoms. The lowest BCUT2D eigenvalue weighted by atomic mass is 10.1. The fourth-order valence-electron chi connectivity index (χ4n) is 1.74. The second-order valence-electron chi connectivity index (χ2n) is 5.13. The minimum absolute atomic E-state index is 0.298. The van der Waals surface area contributed by atoms with E-state index in [1.54, 1.807) is 20.0 Å². The fraction of sp³-hybridized carbons (Fsp3) is 0.615. The Hall–Kier alpha value is -1.13. The van der Waals surface area contributed by atoms with Crippen LogP contribution in [0.4, 0.5) is 5.82 Å². The summed E-state index contributed by atoms with van der Waals surface area (Å²) in [5.41, 5.74) is 0.473. The second kappa shape index (κ2) is 5.47. The number of hydrogen-bond acceptors (Lipinski definition) is 4. The molecule has 4 nitrogen and oxygen atoms in total. The molecule has 0 spiro atoms. The quantitative estimate of drug-likeness (QED) is 0.816. The molecular weight excluding hydrogens is 214 g/mol. The number of aromatic nitrogens is 1. The zero-order valence-electron chi connectivity index (χ0n) is 11.4. The first-order valence-electron chi connectivity index (χ1n) is 5.90. The molecule has 17 heavy (non-hydrogen) atoms. The van der Waals surface area contributed by atoms with E-state index >= 15 is 0 Å². The largest absolute Gasteiger partial charge is 0.389 e. The minimum atomic E-state index is -0.721. The van der Waals surface area contributed by atoms with Crippen LogP contribution in [0.1, 0.15) is 32.4 Å². The lowest BCUT2D eigenvalue weighted by Gasteiger charge is -2.27. The predicted molar refractivity (Wildman–Crippen MR) is 71.3 cm³/mol. The van der Waals surface area contributed by atoms with Gasteiger partial charge in [-0.05, 0) is 45.5 Å². The van der Waals surface area contributed by atoms with E-state index in [4.69, 9.17) is 0 Å². The second-order valence-corrected chi connectivity index (χ2v) is 5.13. The van der Waals surface area contributed by atoms with Crippen LogP contribution in [0.2, 0.25) is 0 Å². The molecule has 0 aromatic carbocycles. The van der Waals surface area contributed by atoms with Crippen molar-refractivity contribution in [3.63, 3.8) is 0 Å². The molecule has 0 bridgehead atoms. The normalized spacial score (nSPS) is 13.5. The summed E-state index contributed by atoms with van der Waals surface area (Å²) in [6.45, 7) is 6.25. The molecule has 2 N–H and O–H groups in total. The Labute approximate surface area is 104 Å². The Balaban J connectivity index is 2.84. The van der Waals surface area contributed by atoms with Crippen molar-refractivity contribution in [3.05, 3.63) is 23.9 Å². The highest BCUT2D eigenvalue weighted by molar-refractivity contribution is 5.41. The number of rotatable bonds is 5. The first-order valence-corrected chi connectivity index (χ1v) is 5.90. The zero-order valence-corrected chi connectivity index (χ0v) is 11.4. The van der Waals surface area contributed by atoms with Crippen molar-refractivity contribution in [3.8, 4) is 0 Å². The summed E-state index contributed by atoms with van der Waals surface area (Å²) in [4.78, 5) is 6.29. The Morgan fingerprint density at radius 3 is 2.71 bits per heavy atom. The van der Waals surface area contributed by atoms with Gasteiger partial charge < -0.3 is 15.3 Å².